The van der Waals surface area contributed by atoms with E-state index in [1.165, 1.54) is 19.3 Å². The molecule has 108 valence electrons. The lowest BCUT2D eigenvalue weighted by atomic mass is 9.70. The van der Waals surface area contributed by atoms with E-state index in [0.29, 0.717) is 25.9 Å². The number of rotatable bonds is 5. The van der Waals surface area contributed by atoms with Crippen LogP contribution in [0.3, 0.4) is 0 Å². The zero-order chi connectivity index (χ0) is 13.9. The van der Waals surface area contributed by atoms with E-state index in [0.717, 1.165) is 0 Å². The fraction of sp³-hybridized carbons (Fsp3) is 0.846. The van der Waals surface area contributed by atoms with Crippen LogP contribution in [0, 0.1) is 5.41 Å². The van der Waals surface area contributed by atoms with Gasteiger partial charge in [0.05, 0.1) is 6.10 Å². The van der Waals surface area contributed by atoms with Gasteiger partial charge in [0.1, 0.15) is 0 Å². The van der Waals surface area contributed by atoms with Crippen molar-refractivity contribution in [2.45, 2.75) is 51.2 Å². The zero-order valence-electron chi connectivity index (χ0n) is 11.3. The Labute approximate surface area is 112 Å². The minimum absolute atomic E-state index is 0.189. The molecule has 0 aromatic carbocycles. The third kappa shape index (κ3) is 3.83. The van der Waals surface area contributed by atoms with Gasteiger partial charge in [0, 0.05) is 13.1 Å². The lowest BCUT2D eigenvalue weighted by Gasteiger charge is -2.38. The predicted octanol–water partition coefficient (Wildman–Crippen LogP) is 1.11. The van der Waals surface area contributed by atoms with Gasteiger partial charge in [-0.15, -0.1) is 0 Å². The van der Waals surface area contributed by atoms with Crippen molar-refractivity contribution in [3.8, 4) is 0 Å². The molecule has 6 nitrogen and oxygen atoms in total. The normalized spacial score (nSPS) is 28.5. The van der Waals surface area contributed by atoms with Gasteiger partial charge in [-0.25, -0.2) is 9.59 Å². The van der Waals surface area contributed by atoms with Gasteiger partial charge in [0.2, 0.25) is 0 Å². The SMILES string of the molecule is CC1(CNC(=O)NCC2CCC(C(=O)O)O2)CCC1. The molecular formula is C13H22N2O4. The van der Waals surface area contributed by atoms with Crippen molar-refractivity contribution in [1.82, 2.24) is 10.6 Å². The van der Waals surface area contributed by atoms with Gasteiger partial charge in [-0.05, 0) is 31.1 Å². The molecule has 2 atom stereocenters. The van der Waals surface area contributed by atoms with Crippen LogP contribution >= 0.6 is 0 Å². The first-order valence-corrected chi connectivity index (χ1v) is 6.88. The van der Waals surface area contributed by atoms with E-state index in [-0.39, 0.29) is 17.6 Å². The Bertz CT molecular complexity index is 355. The number of aliphatic carboxylic acids is 1. The Kier molecular flexibility index (Phi) is 4.29. The van der Waals surface area contributed by atoms with Crippen LogP contribution in [0.4, 0.5) is 4.79 Å². The molecule has 1 saturated heterocycles. The van der Waals surface area contributed by atoms with Gasteiger partial charge in [-0.2, -0.15) is 0 Å². The molecule has 19 heavy (non-hydrogen) atoms. The summed E-state index contributed by atoms with van der Waals surface area (Å²) in [7, 11) is 0. The Morgan fingerprint density at radius 2 is 2.05 bits per heavy atom. The molecule has 0 aromatic rings. The lowest BCUT2D eigenvalue weighted by Crippen LogP contribution is -2.45. The number of carboxylic acids is 1. The number of urea groups is 1. The summed E-state index contributed by atoms with van der Waals surface area (Å²) < 4.78 is 5.31. The standard InChI is InChI=1S/C13H22N2O4/c1-13(5-2-6-13)8-15-12(18)14-7-9-3-4-10(19-9)11(16)17/h9-10H,2-8H2,1H3,(H,16,17)(H2,14,15,18). The molecule has 2 aliphatic rings. The van der Waals surface area contributed by atoms with Crippen LogP contribution in [0.5, 0.6) is 0 Å². The molecule has 0 aromatic heterocycles. The largest absolute Gasteiger partial charge is 0.479 e. The Morgan fingerprint density at radius 1 is 1.32 bits per heavy atom. The highest BCUT2D eigenvalue weighted by Crippen LogP contribution is 2.39. The molecule has 2 unspecified atom stereocenters. The summed E-state index contributed by atoms with van der Waals surface area (Å²) in [5, 5.41) is 14.4. The van der Waals surface area contributed by atoms with Gasteiger partial charge < -0.3 is 20.5 Å². The maximum absolute atomic E-state index is 11.6. The first-order chi connectivity index (χ1) is 8.98. The van der Waals surface area contributed by atoms with Crippen molar-refractivity contribution in [1.29, 1.82) is 0 Å². The maximum atomic E-state index is 11.6. The summed E-state index contributed by atoms with van der Waals surface area (Å²) in [4.78, 5) is 22.3. The fourth-order valence-electron chi connectivity index (χ4n) is 2.56. The second-order valence-corrected chi connectivity index (χ2v) is 5.89. The van der Waals surface area contributed by atoms with Crippen molar-refractivity contribution in [3.63, 3.8) is 0 Å². The number of ether oxygens (including phenoxy) is 1. The van der Waals surface area contributed by atoms with E-state index >= 15 is 0 Å². The zero-order valence-corrected chi connectivity index (χ0v) is 11.3. The van der Waals surface area contributed by atoms with Crippen molar-refractivity contribution < 1.29 is 19.4 Å². The smallest absolute Gasteiger partial charge is 0.332 e. The minimum Gasteiger partial charge on any atom is -0.479 e. The number of nitrogens with one attached hydrogen (secondary N) is 2. The van der Waals surface area contributed by atoms with E-state index in [4.69, 9.17) is 9.84 Å². The van der Waals surface area contributed by atoms with Crippen LogP contribution in [0.2, 0.25) is 0 Å². The number of carbonyl (C=O) groups excluding carboxylic acids is 1. The van der Waals surface area contributed by atoms with Gasteiger partial charge in [0.15, 0.2) is 6.10 Å². The first-order valence-electron chi connectivity index (χ1n) is 6.88. The third-order valence-corrected chi connectivity index (χ3v) is 4.11. The minimum atomic E-state index is -0.926. The third-order valence-electron chi connectivity index (χ3n) is 4.11. The van der Waals surface area contributed by atoms with E-state index < -0.39 is 12.1 Å². The molecule has 1 heterocycles. The molecule has 1 saturated carbocycles. The first kappa shape index (κ1) is 14.1. The van der Waals surface area contributed by atoms with Gasteiger partial charge >= 0.3 is 12.0 Å². The number of hydrogen-bond acceptors (Lipinski definition) is 3. The lowest BCUT2D eigenvalue weighted by molar-refractivity contribution is -0.149. The van der Waals surface area contributed by atoms with Crippen molar-refractivity contribution in [2.75, 3.05) is 13.1 Å². The van der Waals surface area contributed by atoms with Crippen molar-refractivity contribution in [2.24, 2.45) is 5.41 Å². The van der Waals surface area contributed by atoms with Crippen LogP contribution in [-0.4, -0.2) is 42.4 Å². The van der Waals surface area contributed by atoms with Crippen LogP contribution in [-0.2, 0) is 9.53 Å². The molecular weight excluding hydrogens is 248 g/mol. The maximum Gasteiger partial charge on any atom is 0.332 e. The summed E-state index contributed by atoms with van der Waals surface area (Å²) in [5.74, 6) is -0.926. The molecule has 2 fully saturated rings. The topological polar surface area (TPSA) is 87.7 Å². The summed E-state index contributed by atoms with van der Waals surface area (Å²) in [6, 6.07) is -0.199. The van der Waals surface area contributed by atoms with Gasteiger partial charge in [0.25, 0.3) is 0 Å². The highest BCUT2D eigenvalue weighted by atomic mass is 16.5. The highest BCUT2D eigenvalue weighted by Gasteiger charge is 2.32. The molecule has 0 bridgehead atoms. The summed E-state index contributed by atoms with van der Waals surface area (Å²) in [6.45, 7) is 3.24. The average Bonchev–Trinajstić information content (AvgIpc) is 2.80. The van der Waals surface area contributed by atoms with Gasteiger partial charge in [-0.1, -0.05) is 13.3 Å². The number of carbonyl (C=O) groups is 2. The van der Waals surface area contributed by atoms with E-state index in [1.807, 2.05) is 0 Å². The van der Waals surface area contributed by atoms with Crippen LogP contribution in [0.1, 0.15) is 39.0 Å². The molecule has 3 N–H and O–H groups in total. The predicted molar refractivity (Wildman–Crippen MR) is 68.9 cm³/mol. The second-order valence-electron chi connectivity index (χ2n) is 5.89. The summed E-state index contributed by atoms with van der Waals surface area (Å²) in [6.07, 6.45) is 3.86. The summed E-state index contributed by atoms with van der Waals surface area (Å²) in [5.41, 5.74) is 0.260. The Balaban J connectivity index is 1.60. The number of amides is 2. The molecule has 1 aliphatic heterocycles. The number of hydrogen-bond donors (Lipinski definition) is 3. The molecule has 0 spiro atoms. The molecule has 2 amide bonds. The van der Waals surface area contributed by atoms with Crippen LogP contribution < -0.4 is 10.6 Å². The van der Waals surface area contributed by atoms with Crippen LogP contribution in [0.25, 0.3) is 0 Å². The molecule has 0 radical (unpaired) electrons. The van der Waals surface area contributed by atoms with E-state index in [2.05, 4.69) is 17.6 Å². The molecule has 2 rings (SSSR count). The second kappa shape index (κ2) is 5.77. The van der Waals surface area contributed by atoms with Gasteiger partial charge in [-0.3, -0.25) is 0 Å². The van der Waals surface area contributed by atoms with Crippen molar-refractivity contribution in [3.05, 3.63) is 0 Å². The molecule has 6 heteroatoms. The summed E-state index contributed by atoms with van der Waals surface area (Å²) >= 11 is 0. The highest BCUT2D eigenvalue weighted by molar-refractivity contribution is 5.74. The fourth-order valence-corrected chi connectivity index (χ4v) is 2.56. The molecule has 1 aliphatic carbocycles. The van der Waals surface area contributed by atoms with E-state index in [9.17, 15) is 9.59 Å². The number of carboxylic acid groups (broad SMARTS) is 1. The van der Waals surface area contributed by atoms with E-state index in [1.54, 1.807) is 0 Å². The average molecular weight is 270 g/mol. The van der Waals surface area contributed by atoms with Crippen LogP contribution in [0.15, 0.2) is 0 Å². The monoisotopic (exact) mass is 270 g/mol. The Hall–Kier alpha value is -1.30. The quantitative estimate of drug-likeness (QED) is 0.698. The Morgan fingerprint density at radius 3 is 2.58 bits per heavy atom. The van der Waals surface area contributed by atoms with Crippen molar-refractivity contribution >= 4 is 12.0 Å².